The molecule has 3 nitrogen and oxygen atoms in total. The lowest BCUT2D eigenvalue weighted by Crippen LogP contribution is -2.43. The molecule has 1 saturated heterocycles. The van der Waals surface area contributed by atoms with Crippen molar-refractivity contribution in [1.29, 1.82) is 5.26 Å². The summed E-state index contributed by atoms with van der Waals surface area (Å²) in [6.45, 7) is 4.59. The molecule has 19 heavy (non-hydrogen) atoms. The minimum absolute atomic E-state index is 0.366. The molecule has 2 aromatic rings. The van der Waals surface area contributed by atoms with E-state index < -0.39 is 0 Å². The van der Waals surface area contributed by atoms with Gasteiger partial charge in [-0.3, -0.25) is 0 Å². The Morgan fingerprint density at radius 2 is 2.00 bits per heavy atom. The zero-order chi connectivity index (χ0) is 13.2. The molecule has 1 unspecified atom stereocenters. The van der Waals surface area contributed by atoms with E-state index in [9.17, 15) is 5.26 Å². The molecular formula is C16H16N2O. The molecule has 1 heterocycles. The van der Waals surface area contributed by atoms with Crippen molar-refractivity contribution in [2.45, 2.75) is 13.0 Å². The highest BCUT2D eigenvalue weighted by Gasteiger charge is 2.21. The largest absolute Gasteiger partial charge is 0.377 e. The minimum Gasteiger partial charge on any atom is -0.377 e. The third-order valence-electron chi connectivity index (χ3n) is 3.70. The summed E-state index contributed by atoms with van der Waals surface area (Å²) in [5.41, 5.74) is 1.94. The molecule has 1 atom stereocenters. The summed E-state index contributed by atoms with van der Waals surface area (Å²) < 4.78 is 5.50. The van der Waals surface area contributed by atoms with Gasteiger partial charge in [-0.2, -0.15) is 5.26 Å². The van der Waals surface area contributed by atoms with Gasteiger partial charge in [-0.15, -0.1) is 0 Å². The SMILES string of the molecule is CC1COCCN1c1ccc(C#N)c2ccccc12. The van der Waals surface area contributed by atoms with Crippen LogP contribution in [0.2, 0.25) is 0 Å². The number of benzene rings is 2. The number of hydrogen-bond acceptors (Lipinski definition) is 3. The minimum atomic E-state index is 0.366. The summed E-state index contributed by atoms with van der Waals surface area (Å²) in [6.07, 6.45) is 0. The van der Waals surface area contributed by atoms with Crippen LogP contribution in [0.25, 0.3) is 10.8 Å². The van der Waals surface area contributed by atoms with E-state index in [1.165, 1.54) is 5.69 Å². The first-order valence-corrected chi connectivity index (χ1v) is 6.57. The molecule has 1 aliphatic heterocycles. The van der Waals surface area contributed by atoms with Gasteiger partial charge in [-0.05, 0) is 19.1 Å². The normalized spacial score (nSPS) is 19.4. The number of hydrogen-bond donors (Lipinski definition) is 0. The van der Waals surface area contributed by atoms with Crippen LogP contribution >= 0.6 is 0 Å². The standard InChI is InChI=1S/C16H16N2O/c1-12-11-19-9-8-18(12)16-7-6-13(10-17)14-4-2-3-5-15(14)16/h2-7,12H,8-9,11H2,1H3. The lowest BCUT2D eigenvalue weighted by atomic mass is 10.0. The molecule has 1 aliphatic rings. The molecule has 0 radical (unpaired) electrons. The summed E-state index contributed by atoms with van der Waals surface area (Å²) in [4.78, 5) is 2.37. The van der Waals surface area contributed by atoms with E-state index in [0.717, 1.165) is 36.1 Å². The Morgan fingerprint density at radius 1 is 1.21 bits per heavy atom. The number of morpholine rings is 1. The van der Waals surface area contributed by atoms with E-state index in [-0.39, 0.29) is 0 Å². The van der Waals surface area contributed by atoms with Crippen LogP contribution in [0.3, 0.4) is 0 Å². The van der Waals surface area contributed by atoms with Gasteiger partial charge in [0.1, 0.15) is 0 Å². The van der Waals surface area contributed by atoms with Crippen LogP contribution in [0, 0.1) is 11.3 Å². The van der Waals surface area contributed by atoms with Gasteiger partial charge in [-0.25, -0.2) is 0 Å². The number of fused-ring (bicyclic) bond motifs is 1. The summed E-state index contributed by atoms with van der Waals surface area (Å²) in [7, 11) is 0. The average Bonchev–Trinajstić information content (AvgIpc) is 2.47. The molecule has 0 aromatic heterocycles. The predicted molar refractivity (Wildman–Crippen MR) is 76.3 cm³/mol. The second kappa shape index (κ2) is 4.91. The Hall–Kier alpha value is -2.05. The van der Waals surface area contributed by atoms with Crippen molar-refractivity contribution in [3.63, 3.8) is 0 Å². The third-order valence-corrected chi connectivity index (χ3v) is 3.70. The maximum absolute atomic E-state index is 9.21. The van der Waals surface area contributed by atoms with Crippen LogP contribution in [0.15, 0.2) is 36.4 Å². The Morgan fingerprint density at radius 3 is 2.74 bits per heavy atom. The maximum atomic E-state index is 9.21. The predicted octanol–water partition coefficient (Wildman–Crippen LogP) is 2.94. The van der Waals surface area contributed by atoms with Crippen LogP contribution in [0.1, 0.15) is 12.5 Å². The number of ether oxygens (including phenoxy) is 1. The quantitative estimate of drug-likeness (QED) is 0.783. The molecular weight excluding hydrogens is 236 g/mol. The lowest BCUT2D eigenvalue weighted by Gasteiger charge is -2.36. The van der Waals surface area contributed by atoms with Gasteiger partial charge < -0.3 is 9.64 Å². The summed E-state index contributed by atoms with van der Waals surface area (Å²) in [5, 5.41) is 11.4. The monoisotopic (exact) mass is 252 g/mol. The van der Waals surface area contributed by atoms with Crippen LogP contribution in [0.5, 0.6) is 0 Å². The first-order valence-electron chi connectivity index (χ1n) is 6.57. The van der Waals surface area contributed by atoms with Crippen molar-refractivity contribution in [2.75, 3.05) is 24.7 Å². The topological polar surface area (TPSA) is 36.3 Å². The van der Waals surface area contributed by atoms with Crippen molar-refractivity contribution in [2.24, 2.45) is 0 Å². The van der Waals surface area contributed by atoms with E-state index in [2.05, 4.69) is 30.0 Å². The van der Waals surface area contributed by atoms with Crippen molar-refractivity contribution in [1.82, 2.24) is 0 Å². The molecule has 0 amide bonds. The number of rotatable bonds is 1. The third kappa shape index (κ3) is 2.05. The number of anilines is 1. The van der Waals surface area contributed by atoms with Gasteiger partial charge in [0, 0.05) is 29.0 Å². The van der Waals surface area contributed by atoms with E-state index in [1.807, 2.05) is 24.3 Å². The van der Waals surface area contributed by atoms with Gasteiger partial charge in [0.2, 0.25) is 0 Å². The molecule has 0 saturated carbocycles. The van der Waals surface area contributed by atoms with E-state index in [0.29, 0.717) is 6.04 Å². The fraction of sp³-hybridized carbons (Fsp3) is 0.312. The van der Waals surface area contributed by atoms with Crippen molar-refractivity contribution < 1.29 is 4.74 Å². The van der Waals surface area contributed by atoms with E-state index in [4.69, 9.17) is 4.74 Å². The van der Waals surface area contributed by atoms with Crippen molar-refractivity contribution in [3.8, 4) is 6.07 Å². The lowest BCUT2D eigenvalue weighted by molar-refractivity contribution is 0.0991. The highest BCUT2D eigenvalue weighted by atomic mass is 16.5. The zero-order valence-corrected chi connectivity index (χ0v) is 11.0. The van der Waals surface area contributed by atoms with Gasteiger partial charge in [0.15, 0.2) is 0 Å². The van der Waals surface area contributed by atoms with Gasteiger partial charge in [-0.1, -0.05) is 24.3 Å². The molecule has 0 aliphatic carbocycles. The van der Waals surface area contributed by atoms with Crippen molar-refractivity contribution >= 4 is 16.5 Å². The Balaban J connectivity index is 2.17. The zero-order valence-electron chi connectivity index (χ0n) is 11.0. The highest BCUT2D eigenvalue weighted by Crippen LogP contribution is 2.31. The molecule has 0 N–H and O–H groups in total. The van der Waals surface area contributed by atoms with Gasteiger partial charge in [0.25, 0.3) is 0 Å². The highest BCUT2D eigenvalue weighted by molar-refractivity contribution is 5.98. The molecule has 96 valence electrons. The first kappa shape index (κ1) is 12.0. The smallest absolute Gasteiger partial charge is 0.0998 e. The Kier molecular flexibility index (Phi) is 3.10. The van der Waals surface area contributed by atoms with E-state index in [1.54, 1.807) is 0 Å². The molecule has 3 heteroatoms. The first-order chi connectivity index (χ1) is 9.31. The second-order valence-electron chi connectivity index (χ2n) is 4.91. The Labute approximate surface area is 113 Å². The maximum Gasteiger partial charge on any atom is 0.0998 e. The molecule has 2 aromatic carbocycles. The van der Waals surface area contributed by atoms with Gasteiger partial charge >= 0.3 is 0 Å². The van der Waals surface area contributed by atoms with Crippen LogP contribution < -0.4 is 4.90 Å². The van der Waals surface area contributed by atoms with Crippen LogP contribution in [-0.4, -0.2) is 25.8 Å². The second-order valence-corrected chi connectivity index (χ2v) is 4.91. The van der Waals surface area contributed by atoms with Crippen molar-refractivity contribution in [3.05, 3.63) is 42.0 Å². The molecule has 3 rings (SSSR count). The number of nitrogens with zero attached hydrogens (tertiary/aromatic N) is 2. The fourth-order valence-corrected chi connectivity index (χ4v) is 2.72. The molecule has 0 spiro atoms. The summed E-state index contributed by atoms with van der Waals surface area (Å²) in [5.74, 6) is 0. The van der Waals surface area contributed by atoms with Crippen LogP contribution in [0.4, 0.5) is 5.69 Å². The van der Waals surface area contributed by atoms with Crippen LogP contribution in [-0.2, 0) is 4.74 Å². The summed E-state index contributed by atoms with van der Waals surface area (Å²) in [6, 6.07) is 14.7. The fourth-order valence-electron chi connectivity index (χ4n) is 2.72. The van der Waals surface area contributed by atoms with E-state index >= 15 is 0 Å². The molecule has 1 fully saturated rings. The number of nitriles is 1. The molecule has 0 bridgehead atoms. The van der Waals surface area contributed by atoms with Gasteiger partial charge in [0.05, 0.1) is 24.8 Å². The average molecular weight is 252 g/mol. The Bertz CT molecular complexity index is 645. The summed E-state index contributed by atoms with van der Waals surface area (Å²) >= 11 is 0.